The molecular formula is C16H23Cl2N3O2. The van der Waals surface area contributed by atoms with E-state index in [0.29, 0.717) is 29.6 Å². The molecule has 23 heavy (non-hydrogen) atoms. The maximum atomic E-state index is 11.8. The van der Waals surface area contributed by atoms with Crippen LogP contribution in [-0.4, -0.2) is 63.3 Å². The molecule has 1 amide bonds. The first-order chi connectivity index (χ1) is 11.1. The summed E-state index contributed by atoms with van der Waals surface area (Å²) in [5.41, 5.74) is 0.983. The summed E-state index contributed by atoms with van der Waals surface area (Å²) in [6, 6.07) is 5.41. The number of halogens is 2. The predicted octanol–water partition coefficient (Wildman–Crippen LogP) is 1.57. The van der Waals surface area contributed by atoms with Crippen LogP contribution in [0.2, 0.25) is 10.0 Å². The Hall–Kier alpha value is -0.850. The highest BCUT2D eigenvalue weighted by molar-refractivity contribution is 6.35. The molecule has 2 rings (SSSR count). The van der Waals surface area contributed by atoms with Crippen molar-refractivity contribution in [3.05, 3.63) is 33.8 Å². The molecule has 128 valence electrons. The number of nitrogens with one attached hydrogen (secondary N) is 2. The second-order valence-corrected chi connectivity index (χ2v) is 6.31. The van der Waals surface area contributed by atoms with Crippen LogP contribution in [0.3, 0.4) is 0 Å². The summed E-state index contributed by atoms with van der Waals surface area (Å²) in [6.07, 6.45) is 0.690. The third-order valence-corrected chi connectivity index (χ3v) is 4.31. The number of nitrogens with zero attached hydrogens (tertiary/aromatic N) is 1. The number of ether oxygens (including phenoxy) is 1. The van der Waals surface area contributed by atoms with Crippen LogP contribution in [0, 0.1) is 0 Å². The minimum atomic E-state index is -0.00272. The summed E-state index contributed by atoms with van der Waals surface area (Å²) >= 11 is 12.0. The molecule has 0 atom stereocenters. The van der Waals surface area contributed by atoms with E-state index in [4.69, 9.17) is 27.9 Å². The first-order valence-corrected chi connectivity index (χ1v) is 8.62. The molecule has 2 N–H and O–H groups in total. The van der Waals surface area contributed by atoms with E-state index in [2.05, 4.69) is 15.5 Å². The van der Waals surface area contributed by atoms with Crippen LogP contribution in [0.15, 0.2) is 18.2 Å². The van der Waals surface area contributed by atoms with Crippen LogP contribution >= 0.6 is 23.2 Å². The van der Waals surface area contributed by atoms with Crippen LogP contribution in [0.5, 0.6) is 0 Å². The van der Waals surface area contributed by atoms with Crippen molar-refractivity contribution in [2.45, 2.75) is 6.42 Å². The van der Waals surface area contributed by atoms with Crippen LogP contribution < -0.4 is 10.6 Å². The molecule has 1 aromatic rings. The highest BCUT2D eigenvalue weighted by Crippen LogP contribution is 2.20. The Morgan fingerprint density at radius 2 is 2.00 bits per heavy atom. The van der Waals surface area contributed by atoms with E-state index in [9.17, 15) is 4.79 Å². The molecule has 0 aliphatic carbocycles. The molecule has 1 aromatic carbocycles. The molecule has 5 nitrogen and oxygen atoms in total. The Bertz CT molecular complexity index is 508. The highest BCUT2D eigenvalue weighted by atomic mass is 35.5. The molecule has 0 saturated carbocycles. The van der Waals surface area contributed by atoms with Crippen molar-refractivity contribution in [2.75, 3.05) is 52.5 Å². The fourth-order valence-corrected chi connectivity index (χ4v) is 2.89. The van der Waals surface area contributed by atoms with Gasteiger partial charge in [-0.25, -0.2) is 0 Å². The molecule has 0 aromatic heterocycles. The highest BCUT2D eigenvalue weighted by Gasteiger charge is 2.09. The van der Waals surface area contributed by atoms with Crippen molar-refractivity contribution in [2.24, 2.45) is 0 Å². The van der Waals surface area contributed by atoms with Crippen LogP contribution in [0.1, 0.15) is 5.56 Å². The minimum Gasteiger partial charge on any atom is -0.379 e. The smallest absolute Gasteiger partial charge is 0.233 e. The largest absolute Gasteiger partial charge is 0.379 e. The number of benzene rings is 1. The summed E-state index contributed by atoms with van der Waals surface area (Å²) in [6.45, 7) is 6.17. The predicted molar refractivity (Wildman–Crippen MR) is 93.3 cm³/mol. The van der Waals surface area contributed by atoms with Crippen molar-refractivity contribution in [1.29, 1.82) is 0 Å². The molecule has 0 bridgehead atoms. The van der Waals surface area contributed by atoms with Crippen LogP contribution in [0.25, 0.3) is 0 Å². The maximum absolute atomic E-state index is 11.8. The maximum Gasteiger partial charge on any atom is 0.233 e. The third-order valence-electron chi connectivity index (χ3n) is 3.73. The summed E-state index contributed by atoms with van der Waals surface area (Å²) in [7, 11) is 0. The van der Waals surface area contributed by atoms with Gasteiger partial charge in [0.1, 0.15) is 0 Å². The standard InChI is InChI=1S/C16H23Cl2N3O2/c17-14-2-1-13(15(18)11-14)3-4-20-16(22)12-19-5-6-21-7-9-23-10-8-21/h1-2,11,19H,3-10,12H2,(H,20,22). The Balaban J connectivity index is 1.54. The van der Waals surface area contributed by atoms with Gasteiger partial charge in [0.15, 0.2) is 0 Å². The van der Waals surface area contributed by atoms with Crippen molar-refractivity contribution in [3.8, 4) is 0 Å². The fraction of sp³-hybridized carbons (Fsp3) is 0.562. The zero-order chi connectivity index (χ0) is 16.5. The summed E-state index contributed by atoms with van der Waals surface area (Å²) in [4.78, 5) is 14.1. The van der Waals surface area contributed by atoms with Gasteiger partial charge in [0.25, 0.3) is 0 Å². The zero-order valence-corrected chi connectivity index (χ0v) is 14.6. The van der Waals surface area contributed by atoms with E-state index in [1.54, 1.807) is 12.1 Å². The number of rotatable bonds is 8. The molecular weight excluding hydrogens is 337 g/mol. The van der Waals surface area contributed by atoms with Gasteiger partial charge in [-0.1, -0.05) is 29.3 Å². The molecule has 1 aliphatic heterocycles. The third kappa shape index (κ3) is 7.06. The minimum absolute atomic E-state index is 0.00272. The second kappa shape index (κ2) is 10.1. The van der Waals surface area contributed by atoms with E-state index >= 15 is 0 Å². The first kappa shape index (κ1) is 18.5. The van der Waals surface area contributed by atoms with E-state index < -0.39 is 0 Å². The molecule has 0 spiro atoms. The van der Waals surface area contributed by atoms with Gasteiger partial charge < -0.3 is 15.4 Å². The van der Waals surface area contributed by atoms with Gasteiger partial charge in [0, 0.05) is 42.8 Å². The van der Waals surface area contributed by atoms with E-state index in [-0.39, 0.29) is 5.91 Å². The molecule has 1 saturated heterocycles. The second-order valence-electron chi connectivity index (χ2n) is 5.47. The average molecular weight is 360 g/mol. The lowest BCUT2D eigenvalue weighted by Gasteiger charge is -2.26. The van der Waals surface area contributed by atoms with Gasteiger partial charge in [0.05, 0.1) is 19.8 Å². The average Bonchev–Trinajstić information content (AvgIpc) is 2.55. The Labute approximate surface area is 147 Å². The first-order valence-electron chi connectivity index (χ1n) is 7.86. The quantitative estimate of drug-likeness (QED) is 0.691. The molecule has 1 aliphatic rings. The van der Waals surface area contributed by atoms with E-state index in [1.165, 1.54) is 0 Å². The monoisotopic (exact) mass is 359 g/mol. The van der Waals surface area contributed by atoms with Gasteiger partial charge in [-0.15, -0.1) is 0 Å². The summed E-state index contributed by atoms with van der Waals surface area (Å²) < 4.78 is 5.30. The lowest BCUT2D eigenvalue weighted by atomic mass is 10.1. The zero-order valence-electron chi connectivity index (χ0n) is 13.1. The number of hydrogen-bond acceptors (Lipinski definition) is 4. The SMILES string of the molecule is O=C(CNCCN1CCOCC1)NCCc1ccc(Cl)cc1Cl. The van der Waals surface area contributed by atoms with Crippen molar-refractivity contribution in [3.63, 3.8) is 0 Å². The van der Waals surface area contributed by atoms with Crippen LogP contribution in [-0.2, 0) is 16.0 Å². The van der Waals surface area contributed by atoms with Gasteiger partial charge in [0.2, 0.25) is 5.91 Å². The number of carbonyl (C=O) groups excluding carboxylic acids is 1. The van der Waals surface area contributed by atoms with E-state index in [0.717, 1.165) is 45.0 Å². The topological polar surface area (TPSA) is 53.6 Å². The lowest BCUT2D eigenvalue weighted by Crippen LogP contribution is -2.42. The van der Waals surface area contributed by atoms with Crippen molar-refractivity contribution < 1.29 is 9.53 Å². The molecule has 1 fully saturated rings. The van der Waals surface area contributed by atoms with Crippen LogP contribution in [0.4, 0.5) is 0 Å². The van der Waals surface area contributed by atoms with Gasteiger partial charge in [-0.3, -0.25) is 9.69 Å². The van der Waals surface area contributed by atoms with Crippen molar-refractivity contribution in [1.82, 2.24) is 15.5 Å². The summed E-state index contributed by atoms with van der Waals surface area (Å²) in [5.74, 6) is -0.00272. The molecule has 1 heterocycles. The molecule has 7 heteroatoms. The Morgan fingerprint density at radius 1 is 1.22 bits per heavy atom. The number of amides is 1. The van der Waals surface area contributed by atoms with E-state index in [1.807, 2.05) is 6.07 Å². The number of morpholine rings is 1. The van der Waals surface area contributed by atoms with Gasteiger partial charge >= 0.3 is 0 Å². The lowest BCUT2D eigenvalue weighted by molar-refractivity contribution is -0.120. The fourth-order valence-electron chi connectivity index (χ4n) is 2.39. The molecule has 0 radical (unpaired) electrons. The molecule has 0 unspecified atom stereocenters. The van der Waals surface area contributed by atoms with Gasteiger partial charge in [-0.2, -0.15) is 0 Å². The Kier molecular flexibility index (Phi) is 8.12. The van der Waals surface area contributed by atoms with Crippen molar-refractivity contribution >= 4 is 29.1 Å². The Morgan fingerprint density at radius 3 is 2.74 bits per heavy atom. The summed E-state index contributed by atoms with van der Waals surface area (Å²) in [5, 5.41) is 7.30. The number of hydrogen-bond donors (Lipinski definition) is 2. The van der Waals surface area contributed by atoms with Gasteiger partial charge in [-0.05, 0) is 24.1 Å². The number of carbonyl (C=O) groups is 1. The normalized spacial score (nSPS) is 15.6.